The molecule has 0 bridgehead atoms. The minimum atomic E-state index is -4.50. The monoisotopic (exact) mass is 397 g/mol. The molecule has 140 valence electrons. The van der Waals surface area contributed by atoms with Crippen molar-refractivity contribution in [2.75, 3.05) is 5.32 Å². The molecule has 4 nitrogen and oxygen atoms in total. The topological polar surface area (TPSA) is 46.9 Å². The quantitative estimate of drug-likeness (QED) is 0.614. The zero-order chi connectivity index (χ0) is 19.8. The van der Waals surface area contributed by atoms with Crippen LogP contribution in [-0.2, 0) is 6.18 Å². The van der Waals surface area contributed by atoms with Crippen LogP contribution in [0.2, 0.25) is 5.02 Å². The maximum Gasteiger partial charge on any atom is 0.416 e. The predicted octanol–water partition coefficient (Wildman–Crippen LogP) is 5.24. The van der Waals surface area contributed by atoms with E-state index in [-0.39, 0.29) is 22.0 Å². The number of hydrogen-bond donors (Lipinski definition) is 1. The van der Waals surface area contributed by atoms with Crippen LogP contribution in [0.15, 0.2) is 48.7 Å². The molecular weight excluding hydrogens is 386 g/mol. The smallest absolute Gasteiger partial charge is 0.319 e. The van der Waals surface area contributed by atoms with Crippen molar-refractivity contribution < 1.29 is 22.4 Å². The molecule has 1 aromatic heterocycles. The number of nitrogens with zero attached hydrogens (tertiary/aromatic N) is 2. The van der Waals surface area contributed by atoms with Crippen LogP contribution in [0.4, 0.5) is 23.2 Å². The summed E-state index contributed by atoms with van der Waals surface area (Å²) in [7, 11) is 0. The Morgan fingerprint density at radius 2 is 1.89 bits per heavy atom. The van der Waals surface area contributed by atoms with Gasteiger partial charge in [-0.3, -0.25) is 4.79 Å². The Kier molecular flexibility index (Phi) is 4.93. The van der Waals surface area contributed by atoms with E-state index in [4.69, 9.17) is 11.6 Å². The van der Waals surface area contributed by atoms with Gasteiger partial charge in [-0.05, 0) is 37.3 Å². The summed E-state index contributed by atoms with van der Waals surface area (Å²) >= 11 is 5.68. The van der Waals surface area contributed by atoms with Crippen molar-refractivity contribution in [1.29, 1.82) is 0 Å². The Hall–Kier alpha value is -2.87. The Labute approximate surface area is 156 Å². The van der Waals surface area contributed by atoms with Crippen molar-refractivity contribution in [1.82, 2.24) is 9.78 Å². The molecular formula is C18H12ClF4N3O. The highest BCUT2D eigenvalue weighted by Crippen LogP contribution is 2.30. The third-order valence-electron chi connectivity index (χ3n) is 3.87. The molecule has 1 amide bonds. The summed E-state index contributed by atoms with van der Waals surface area (Å²) in [5, 5.41) is 6.21. The number of carbonyl (C=O) groups is 1. The number of rotatable bonds is 3. The Balaban J connectivity index is 1.92. The van der Waals surface area contributed by atoms with Crippen LogP contribution in [0.3, 0.4) is 0 Å². The second-order valence-electron chi connectivity index (χ2n) is 5.66. The normalized spacial score (nSPS) is 11.5. The van der Waals surface area contributed by atoms with Gasteiger partial charge < -0.3 is 5.32 Å². The van der Waals surface area contributed by atoms with Gasteiger partial charge in [0.1, 0.15) is 0 Å². The Morgan fingerprint density at radius 1 is 1.19 bits per heavy atom. The molecule has 9 heteroatoms. The van der Waals surface area contributed by atoms with Gasteiger partial charge in [0.25, 0.3) is 5.91 Å². The van der Waals surface area contributed by atoms with E-state index < -0.39 is 23.5 Å². The summed E-state index contributed by atoms with van der Waals surface area (Å²) < 4.78 is 53.8. The van der Waals surface area contributed by atoms with Crippen molar-refractivity contribution in [3.8, 4) is 5.69 Å². The number of amides is 1. The average molecular weight is 398 g/mol. The van der Waals surface area contributed by atoms with Crippen LogP contribution in [0.5, 0.6) is 0 Å². The molecule has 0 saturated carbocycles. The second kappa shape index (κ2) is 7.03. The zero-order valence-corrected chi connectivity index (χ0v) is 14.6. The van der Waals surface area contributed by atoms with E-state index in [0.717, 1.165) is 12.1 Å². The molecule has 1 heterocycles. The van der Waals surface area contributed by atoms with Crippen molar-refractivity contribution in [2.45, 2.75) is 13.1 Å². The van der Waals surface area contributed by atoms with Gasteiger partial charge in [0.15, 0.2) is 5.82 Å². The van der Waals surface area contributed by atoms with Crippen LogP contribution in [0.1, 0.15) is 21.6 Å². The van der Waals surface area contributed by atoms with E-state index in [1.807, 2.05) is 0 Å². The SMILES string of the molecule is Cc1c(C(=O)Nc2cccc(Cl)c2F)cnn1-c1cccc(C(F)(F)F)c1. The van der Waals surface area contributed by atoms with Crippen molar-refractivity contribution in [2.24, 2.45) is 0 Å². The number of benzene rings is 2. The van der Waals surface area contributed by atoms with Gasteiger partial charge in [-0.2, -0.15) is 18.3 Å². The van der Waals surface area contributed by atoms with Gasteiger partial charge in [0.05, 0.1) is 39.4 Å². The summed E-state index contributed by atoms with van der Waals surface area (Å²) in [6.45, 7) is 1.52. The van der Waals surface area contributed by atoms with Gasteiger partial charge in [0, 0.05) is 0 Å². The first-order valence-corrected chi connectivity index (χ1v) is 8.04. The molecule has 2 aromatic carbocycles. The van der Waals surface area contributed by atoms with E-state index in [1.165, 1.54) is 48.1 Å². The molecule has 1 N–H and O–H groups in total. The fraction of sp³-hybridized carbons (Fsp3) is 0.111. The summed E-state index contributed by atoms with van der Waals surface area (Å²) in [4.78, 5) is 12.4. The minimum Gasteiger partial charge on any atom is -0.319 e. The molecule has 0 spiro atoms. The molecule has 3 rings (SSSR count). The molecule has 0 aliphatic carbocycles. The van der Waals surface area contributed by atoms with E-state index in [0.29, 0.717) is 5.69 Å². The molecule has 27 heavy (non-hydrogen) atoms. The average Bonchev–Trinajstić information content (AvgIpc) is 3.00. The number of anilines is 1. The predicted molar refractivity (Wildman–Crippen MR) is 92.7 cm³/mol. The molecule has 0 saturated heterocycles. The lowest BCUT2D eigenvalue weighted by atomic mass is 10.2. The van der Waals surface area contributed by atoms with Crippen molar-refractivity contribution in [3.05, 3.63) is 76.3 Å². The number of alkyl halides is 3. The molecule has 0 radical (unpaired) electrons. The van der Waals surface area contributed by atoms with Crippen LogP contribution in [-0.4, -0.2) is 15.7 Å². The Bertz CT molecular complexity index is 1010. The summed E-state index contributed by atoms with van der Waals surface area (Å²) in [5.41, 5.74) is -0.406. The Morgan fingerprint density at radius 3 is 2.59 bits per heavy atom. The number of halogens is 5. The first-order chi connectivity index (χ1) is 12.7. The largest absolute Gasteiger partial charge is 0.416 e. The van der Waals surface area contributed by atoms with Gasteiger partial charge in [-0.15, -0.1) is 0 Å². The number of carbonyl (C=O) groups excluding carboxylic acids is 1. The van der Waals surface area contributed by atoms with Crippen LogP contribution in [0.25, 0.3) is 5.69 Å². The molecule has 0 aliphatic rings. The fourth-order valence-corrected chi connectivity index (χ4v) is 2.67. The number of hydrogen-bond acceptors (Lipinski definition) is 2. The van der Waals surface area contributed by atoms with Gasteiger partial charge in [-0.1, -0.05) is 23.7 Å². The molecule has 0 fully saturated rings. The molecule has 0 unspecified atom stereocenters. The van der Waals surface area contributed by atoms with Crippen molar-refractivity contribution >= 4 is 23.2 Å². The first-order valence-electron chi connectivity index (χ1n) is 7.66. The molecule has 0 aliphatic heterocycles. The van der Waals surface area contributed by atoms with Crippen LogP contribution < -0.4 is 5.32 Å². The molecule has 0 atom stereocenters. The summed E-state index contributed by atoms with van der Waals surface area (Å²) in [6, 6.07) is 8.71. The number of nitrogens with one attached hydrogen (secondary N) is 1. The lowest BCUT2D eigenvalue weighted by Crippen LogP contribution is -2.14. The first kappa shape index (κ1) is 18.9. The lowest BCUT2D eigenvalue weighted by molar-refractivity contribution is -0.137. The molecule has 3 aromatic rings. The second-order valence-corrected chi connectivity index (χ2v) is 6.07. The minimum absolute atomic E-state index is 0.0896. The standard InChI is InChI=1S/C18H12ClF4N3O/c1-10-13(17(27)25-15-7-3-6-14(19)16(15)20)9-24-26(10)12-5-2-4-11(8-12)18(21,22)23/h2-9H,1H3,(H,25,27). The summed E-state index contributed by atoms with van der Waals surface area (Å²) in [6.07, 6.45) is -3.30. The fourth-order valence-electron chi connectivity index (χ4n) is 2.50. The highest BCUT2D eigenvalue weighted by atomic mass is 35.5. The van der Waals surface area contributed by atoms with Crippen molar-refractivity contribution in [3.63, 3.8) is 0 Å². The number of aromatic nitrogens is 2. The maximum atomic E-state index is 13.9. The van der Waals surface area contributed by atoms with Gasteiger partial charge >= 0.3 is 6.18 Å². The van der Waals surface area contributed by atoms with Gasteiger partial charge in [-0.25, -0.2) is 9.07 Å². The van der Waals surface area contributed by atoms with E-state index in [2.05, 4.69) is 10.4 Å². The van der Waals surface area contributed by atoms with Crippen LogP contribution in [0, 0.1) is 12.7 Å². The third kappa shape index (κ3) is 3.80. The zero-order valence-electron chi connectivity index (χ0n) is 13.8. The van der Waals surface area contributed by atoms with E-state index in [9.17, 15) is 22.4 Å². The van der Waals surface area contributed by atoms with Crippen LogP contribution >= 0.6 is 11.6 Å². The maximum absolute atomic E-state index is 13.9. The summed E-state index contributed by atoms with van der Waals surface area (Å²) in [5.74, 6) is -1.44. The lowest BCUT2D eigenvalue weighted by Gasteiger charge is -2.10. The highest BCUT2D eigenvalue weighted by molar-refractivity contribution is 6.31. The van der Waals surface area contributed by atoms with E-state index in [1.54, 1.807) is 0 Å². The third-order valence-corrected chi connectivity index (χ3v) is 4.16. The van der Waals surface area contributed by atoms with E-state index >= 15 is 0 Å². The highest BCUT2D eigenvalue weighted by Gasteiger charge is 2.30. The van der Waals surface area contributed by atoms with Gasteiger partial charge in [0.2, 0.25) is 0 Å².